The van der Waals surface area contributed by atoms with E-state index in [1.165, 1.54) is 0 Å². The first-order valence-corrected chi connectivity index (χ1v) is 14.7. The molecule has 0 heterocycles. The molecule has 17 nitrogen and oxygen atoms in total. The van der Waals surface area contributed by atoms with E-state index in [4.69, 9.17) is 0 Å². The average molecular weight is 676 g/mol. The normalized spacial score (nSPS) is 11.7. The summed E-state index contributed by atoms with van der Waals surface area (Å²) in [5.41, 5.74) is -0.0296. The van der Waals surface area contributed by atoms with Crippen LogP contribution >= 0.6 is 0 Å². The molecule has 0 unspecified atom stereocenters. The third-order valence-corrected chi connectivity index (χ3v) is 7.08. The number of carbonyl (C=O) groups is 6. The number of rotatable bonds is 25. The fourth-order valence-corrected chi connectivity index (χ4v) is 5.60. The number of hydrogen-bond acceptors (Lipinski definition) is 11. The van der Waals surface area contributed by atoms with Crippen molar-refractivity contribution in [3.05, 3.63) is 71.8 Å². The van der Waals surface area contributed by atoms with Crippen molar-refractivity contribution in [3.63, 3.8) is 0 Å². The van der Waals surface area contributed by atoms with Crippen molar-refractivity contribution in [1.82, 2.24) is 25.3 Å². The molecule has 0 radical (unpaired) electrons. The molecular weight excluding hydrogens is 634 g/mol. The minimum absolute atomic E-state index is 0.161. The number of aliphatic carboxylic acids is 6. The molecule has 2 rings (SSSR count). The molecule has 0 aromatic heterocycles. The van der Waals surface area contributed by atoms with Gasteiger partial charge in [-0.25, -0.2) is 0 Å². The summed E-state index contributed by atoms with van der Waals surface area (Å²) in [6, 6.07) is 18.2. The Bertz CT molecular complexity index is 1250. The number of benzene rings is 2. The second-order valence-corrected chi connectivity index (χ2v) is 11.3. The Kier molecular flexibility index (Phi) is 16.1. The van der Waals surface area contributed by atoms with E-state index in [1.807, 2.05) is 41.3 Å². The lowest BCUT2D eigenvalue weighted by Crippen LogP contribution is -2.67. The first kappa shape index (κ1) is 39.2. The van der Waals surface area contributed by atoms with Gasteiger partial charge in [-0.3, -0.25) is 54.1 Å². The maximum Gasteiger partial charge on any atom is 0.317 e. The Morgan fingerprint density at radius 2 is 0.812 bits per heavy atom. The highest BCUT2D eigenvalue weighted by atomic mass is 16.4. The van der Waals surface area contributed by atoms with Gasteiger partial charge in [-0.2, -0.15) is 0 Å². The van der Waals surface area contributed by atoms with Crippen LogP contribution in [0.2, 0.25) is 0 Å². The van der Waals surface area contributed by atoms with Gasteiger partial charge in [0.1, 0.15) is 0 Å². The zero-order valence-corrected chi connectivity index (χ0v) is 26.1. The van der Waals surface area contributed by atoms with Crippen LogP contribution in [0.3, 0.4) is 0 Å². The van der Waals surface area contributed by atoms with Gasteiger partial charge in [0.25, 0.3) is 0 Å². The quantitative estimate of drug-likeness (QED) is 0.0605. The molecule has 2 aromatic carbocycles. The van der Waals surface area contributed by atoms with Crippen molar-refractivity contribution >= 4 is 35.8 Å². The van der Waals surface area contributed by atoms with E-state index in [1.54, 1.807) is 24.3 Å². The highest BCUT2D eigenvalue weighted by Crippen LogP contribution is 2.29. The van der Waals surface area contributed by atoms with E-state index >= 15 is 0 Å². The molecule has 0 saturated heterocycles. The first-order chi connectivity index (χ1) is 22.7. The molecule has 262 valence electrons. The molecule has 0 fully saturated rings. The van der Waals surface area contributed by atoms with Gasteiger partial charge in [0.2, 0.25) is 0 Å². The van der Waals surface area contributed by atoms with E-state index in [0.29, 0.717) is 0 Å². The summed E-state index contributed by atoms with van der Waals surface area (Å²) in [6.07, 6.45) is -1.37. The molecular formula is C31H41N5O12. The summed E-state index contributed by atoms with van der Waals surface area (Å²) >= 11 is 0. The number of hydrogen-bond donors (Lipinski definition) is 8. The highest BCUT2D eigenvalue weighted by Gasteiger charge is 2.44. The van der Waals surface area contributed by atoms with E-state index in [9.17, 15) is 59.4 Å². The van der Waals surface area contributed by atoms with Crippen molar-refractivity contribution in [2.45, 2.75) is 19.3 Å². The molecule has 0 spiro atoms. The molecule has 0 aliphatic heterocycles. The SMILES string of the molecule is O=C(O)CNC(NCC(=O)O)C(CN(CC(=O)O)CC(=O)O)(CN(CC(=O)O)CC(=O)O)CN(Cc1ccccc1)Cc1ccccc1. The van der Waals surface area contributed by atoms with Crippen LogP contribution < -0.4 is 10.6 Å². The van der Waals surface area contributed by atoms with Crippen molar-refractivity contribution in [1.29, 1.82) is 0 Å². The minimum Gasteiger partial charge on any atom is -0.480 e. The zero-order valence-electron chi connectivity index (χ0n) is 26.1. The van der Waals surface area contributed by atoms with Gasteiger partial charge >= 0.3 is 35.8 Å². The molecule has 2 aromatic rings. The second kappa shape index (κ2) is 19.7. The van der Waals surface area contributed by atoms with Gasteiger partial charge < -0.3 is 30.6 Å². The molecule has 17 heteroatoms. The third kappa shape index (κ3) is 15.1. The fraction of sp³-hybridized carbons (Fsp3) is 0.419. The molecule has 0 atom stereocenters. The molecule has 8 N–H and O–H groups in total. The van der Waals surface area contributed by atoms with Gasteiger partial charge in [0, 0.05) is 38.1 Å². The average Bonchev–Trinajstić information content (AvgIpc) is 2.96. The van der Waals surface area contributed by atoms with E-state index < -0.39 is 99.8 Å². The topological polar surface area (TPSA) is 258 Å². The molecule has 0 saturated carbocycles. The number of nitrogens with zero attached hydrogens (tertiary/aromatic N) is 3. The van der Waals surface area contributed by atoms with Gasteiger partial charge in [-0.15, -0.1) is 0 Å². The van der Waals surface area contributed by atoms with Crippen LogP contribution in [0.15, 0.2) is 60.7 Å². The predicted octanol–water partition coefficient (Wildman–Crippen LogP) is -0.708. The van der Waals surface area contributed by atoms with Crippen LogP contribution in [-0.4, -0.2) is 146 Å². The lowest BCUT2D eigenvalue weighted by atomic mass is 9.81. The van der Waals surface area contributed by atoms with Crippen LogP contribution in [0, 0.1) is 5.41 Å². The van der Waals surface area contributed by atoms with Crippen molar-refractivity contribution in [2.75, 3.05) is 58.9 Å². The Morgan fingerprint density at radius 3 is 1.10 bits per heavy atom. The van der Waals surface area contributed by atoms with Gasteiger partial charge in [0.05, 0.1) is 45.4 Å². The molecule has 0 aliphatic rings. The predicted molar refractivity (Wildman–Crippen MR) is 168 cm³/mol. The summed E-state index contributed by atoms with van der Waals surface area (Å²) in [6.45, 7) is -5.39. The Morgan fingerprint density at radius 1 is 0.500 bits per heavy atom. The van der Waals surface area contributed by atoms with Crippen LogP contribution in [0.1, 0.15) is 11.1 Å². The van der Waals surface area contributed by atoms with Crippen LogP contribution in [0.25, 0.3) is 0 Å². The molecule has 0 amide bonds. The maximum atomic E-state index is 11.9. The fourth-order valence-electron chi connectivity index (χ4n) is 5.60. The highest BCUT2D eigenvalue weighted by molar-refractivity contribution is 5.73. The summed E-state index contributed by atoms with van der Waals surface area (Å²) in [4.78, 5) is 75.0. The largest absolute Gasteiger partial charge is 0.480 e. The number of nitrogens with one attached hydrogen (secondary N) is 2. The monoisotopic (exact) mass is 675 g/mol. The number of carboxylic acid groups (broad SMARTS) is 6. The summed E-state index contributed by atoms with van der Waals surface area (Å²) < 4.78 is 0. The van der Waals surface area contributed by atoms with Gasteiger partial charge in [-0.05, 0) is 11.1 Å². The summed E-state index contributed by atoms with van der Waals surface area (Å²) in [7, 11) is 0. The van der Waals surface area contributed by atoms with Crippen LogP contribution in [0.5, 0.6) is 0 Å². The summed E-state index contributed by atoms with van der Waals surface area (Å²) in [5, 5.41) is 63.3. The van der Waals surface area contributed by atoms with E-state index in [0.717, 1.165) is 20.9 Å². The van der Waals surface area contributed by atoms with E-state index in [-0.39, 0.29) is 19.6 Å². The third-order valence-electron chi connectivity index (χ3n) is 7.08. The maximum absolute atomic E-state index is 11.9. The molecule has 0 bridgehead atoms. The molecule has 0 aliphatic carbocycles. The standard InChI is InChI=1S/C31H41N5O12/c37-24(38)11-32-30(33-12-25(39)40)31(20-35(15-26(41)42)16-27(43)44,21-36(17-28(45)46)18-29(47)48)19-34(13-22-7-3-1-4-8-22)14-23-9-5-2-6-10-23/h1-10,30,32-33H,11-21H2,(H,37,38)(H,39,40)(H,41,42)(H,43,44)(H,45,46)(H,47,48). The lowest BCUT2D eigenvalue weighted by Gasteiger charge is -2.48. The Hall–Kier alpha value is -4.94. The van der Waals surface area contributed by atoms with Crippen LogP contribution in [-0.2, 0) is 41.9 Å². The van der Waals surface area contributed by atoms with Crippen molar-refractivity contribution in [3.8, 4) is 0 Å². The van der Waals surface area contributed by atoms with Gasteiger partial charge in [-0.1, -0.05) is 60.7 Å². The Labute approximate surface area is 276 Å². The lowest BCUT2D eigenvalue weighted by molar-refractivity contribution is -0.143. The first-order valence-electron chi connectivity index (χ1n) is 14.7. The second-order valence-electron chi connectivity index (χ2n) is 11.3. The van der Waals surface area contributed by atoms with Crippen molar-refractivity contribution < 1.29 is 59.4 Å². The van der Waals surface area contributed by atoms with Gasteiger partial charge in [0.15, 0.2) is 0 Å². The molecule has 48 heavy (non-hydrogen) atoms. The van der Waals surface area contributed by atoms with Crippen molar-refractivity contribution in [2.24, 2.45) is 5.41 Å². The smallest absolute Gasteiger partial charge is 0.317 e. The van der Waals surface area contributed by atoms with Crippen LogP contribution in [0.4, 0.5) is 0 Å². The minimum atomic E-state index is -1.66. The summed E-state index contributed by atoms with van der Waals surface area (Å²) in [5.74, 6) is -8.32. The zero-order chi connectivity index (χ0) is 35.7. The number of carboxylic acids is 6. The van der Waals surface area contributed by atoms with E-state index in [2.05, 4.69) is 10.6 Å². The Balaban J connectivity index is 2.88.